The molecule has 0 aromatic carbocycles. The maximum atomic E-state index is 14.2. The van der Waals surface area contributed by atoms with Crippen LogP contribution in [0, 0.1) is 0 Å². The molecule has 0 saturated heterocycles. The summed E-state index contributed by atoms with van der Waals surface area (Å²) >= 11 is 0. The summed E-state index contributed by atoms with van der Waals surface area (Å²) in [5.41, 5.74) is 0. The normalized spacial score (nSPS) is 17.7. The molecule has 0 aromatic heterocycles. The summed E-state index contributed by atoms with van der Waals surface area (Å²) in [6.07, 6.45) is -17.4. The zero-order valence-corrected chi connectivity index (χ0v) is 38.4. The molecule has 0 N–H and O–H groups in total. The number of hydrogen-bond donors (Lipinski definition) is 0. The predicted octanol–water partition coefficient (Wildman–Crippen LogP) is 19.9. The molecule has 0 bridgehead atoms. The van der Waals surface area contributed by atoms with Crippen LogP contribution in [0.1, 0.15) is 0 Å². The van der Waals surface area contributed by atoms with Crippen molar-refractivity contribution >= 4 is 0 Å². The number of hydrogen-bond acceptors (Lipinski definition) is 0. The highest BCUT2D eigenvalue weighted by Crippen LogP contribution is 2.74. The average molecular weight is 1540 g/mol. The first-order valence-corrected chi connectivity index (χ1v) is 19.0. The van der Waals surface area contributed by atoms with Gasteiger partial charge in [-0.05, 0) is 0 Å². The molecule has 0 heterocycles. The molecule has 554 valence electrons. The van der Waals surface area contributed by atoms with Gasteiger partial charge in [0.1, 0.15) is 0 Å². The minimum atomic E-state index is -11.2. The maximum Gasteiger partial charge on any atom is 0.460 e. The highest BCUT2D eigenvalue weighted by atomic mass is 19.5. The van der Waals surface area contributed by atoms with E-state index in [0.717, 1.165) is 0 Å². The molecular formula is C30F62. The molecule has 0 nitrogen and oxygen atoms in total. The topological polar surface area (TPSA) is 0 Å². The summed E-state index contributed by atoms with van der Waals surface area (Å²) < 4.78 is 851. The van der Waals surface area contributed by atoms with Crippen molar-refractivity contribution in [2.24, 2.45) is 0 Å². The molecule has 0 spiro atoms. The minimum Gasteiger partial charge on any atom is -0.192 e. The van der Waals surface area contributed by atoms with Crippen LogP contribution in [0.25, 0.3) is 0 Å². The van der Waals surface area contributed by atoms with Crippen molar-refractivity contribution in [1.82, 2.24) is 0 Å². The van der Waals surface area contributed by atoms with E-state index < -0.39 is 178 Å². The summed E-state index contributed by atoms with van der Waals surface area (Å²) in [7, 11) is 0. The lowest BCUT2D eigenvalue weighted by Crippen LogP contribution is -2.81. The van der Waals surface area contributed by atoms with Crippen LogP contribution >= 0.6 is 0 Å². The van der Waals surface area contributed by atoms with Gasteiger partial charge in [0.05, 0.1) is 0 Å². The van der Waals surface area contributed by atoms with Gasteiger partial charge in [0.15, 0.2) is 0 Å². The second kappa shape index (κ2) is 20.6. The Morgan fingerprint density at radius 3 is 0.120 bits per heavy atom. The molecule has 0 aliphatic rings. The minimum absolute atomic E-state index is 8.72. The van der Waals surface area contributed by atoms with Crippen molar-refractivity contribution in [1.29, 1.82) is 0 Å². The lowest BCUT2D eigenvalue weighted by Gasteiger charge is -2.48. The van der Waals surface area contributed by atoms with Gasteiger partial charge in [-0.1, -0.05) is 0 Å². The van der Waals surface area contributed by atoms with Crippen LogP contribution in [-0.4, -0.2) is 178 Å². The quantitative estimate of drug-likeness (QED) is 0.0719. The zero-order chi connectivity index (χ0) is 77.0. The smallest absolute Gasteiger partial charge is 0.192 e. The van der Waals surface area contributed by atoms with Crippen LogP contribution in [0.3, 0.4) is 0 Å². The van der Waals surface area contributed by atoms with Crippen molar-refractivity contribution in [3.63, 3.8) is 0 Å². The maximum absolute atomic E-state index is 14.2. The molecule has 0 amide bonds. The van der Waals surface area contributed by atoms with Gasteiger partial charge in [-0.25, -0.2) is 0 Å². The molecule has 0 saturated carbocycles. The van der Waals surface area contributed by atoms with Crippen LogP contribution < -0.4 is 0 Å². The molecule has 0 rings (SSSR count). The third-order valence-corrected chi connectivity index (χ3v) is 11.4. The molecule has 0 atom stereocenters. The molecule has 0 radical (unpaired) electrons. The number of alkyl halides is 62. The van der Waals surface area contributed by atoms with Crippen LogP contribution in [0.5, 0.6) is 0 Å². The Hall–Kier alpha value is -4.34. The van der Waals surface area contributed by atoms with E-state index in [1.54, 1.807) is 0 Å². The highest BCUT2D eigenvalue weighted by Gasteiger charge is 3.06. The molecule has 0 unspecified atom stereocenters. The van der Waals surface area contributed by atoms with E-state index in [-0.39, 0.29) is 0 Å². The van der Waals surface area contributed by atoms with E-state index in [1.807, 2.05) is 0 Å². The van der Waals surface area contributed by atoms with E-state index >= 15 is 0 Å². The van der Waals surface area contributed by atoms with Crippen LogP contribution in [0.2, 0.25) is 0 Å². The number of halogens is 62. The lowest BCUT2D eigenvalue weighted by atomic mass is 9.80. The van der Waals surface area contributed by atoms with Crippen LogP contribution in [-0.2, 0) is 0 Å². The average Bonchev–Trinajstić information content (AvgIpc) is 0.685. The monoisotopic (exact) mass is 1540 g/mol. The van der Waals surface area contributed by atoms with Crippen LogP contribution in [0.15, 0.2) is 0 Å². The molecule has 62 heteroatoms. The Labute approximate surface area is 452 Å². The second-order valence-corrected chi connectivity index (χ2v) is 17.1. The molecule has 0 fully saturated rings. The van der Waals surface area contributed by atoms with Gasteiger partial charge in [0, 0.05) is 0 Å². The van der Waals surface area contributed by atoms with Gasteiger partial charge in [0.2, 0.25) is 0 Å². The molecule has 0 aromatic rings. The van der Waals surface area contributed by atoms with Gasteiger partial charge in [-0.3, -0.25) is 0 Å². The summed E-state index contributed by atoms with van der Waals surface area (Å²) in [6, 6.07) is 0. The summed E-state index contributed by atoms with van der Waals surface area (Å²) in [5, 5.41) is 0. The first-order chi connectivity index (χ1) is 38.2. The Morgan fingerprint density at radius 1 is 0.0543 bits per heavy atom. The second-order valence-electron chi connectivity index (χ2n) is 17.1. The highest BCUT2D eigenvalue weighted by molar-refractivity contribution is 5.26. The summed E-state index contributed by atoms with van der Waals surface area (Å²) in [6.45, 7) is 0. The van der Waals surface area contributed by atoms with Gasteiger partial charge < -0.3 is 0 Å². The fraction of sp³-hybridized carbons (Fsp3) is 1.00. The van der Waals surface area contributed by atoms with Crippen molar-refractivity contribution in [3.05, 3.63) is 0 Å². The first kappa shape index (κ1) is 87.7. The first-order valence-electron chi connectivity index (χ1n) is 19.0. The van der Waals surface area contributed by atoms with E-state index in [2.05, 4.69) is 0 Å². The Bertz CT molecular complexity index is 2470. The SMILES string of the molecule is FC(F)(F)C(F)(F)C(F)(F)C(F)(F)C(F)(F)C(F)(F)C(F)(F)C(F)(F)C(F)(F)C(F)(F)C(F)(F)C(F)(F)C(F)(F)C(F)(F)C(F)(F)C(F)(F)C(F)(F)C(F)(F)C(F)(F)C(F)(F)C(F)(F)C(F)(F)C(F)(F)C(F)(F)C(F)(F)C(F)(F)C(F)(F)C(F)(F)C(F)(F)C(F)(F)F. The van der Waals surface area contributed by atoms with Crippen molar-refractivity contribution in [2.45, 2.75) is 178 Å². The summed E-state index contributed by atoms with van der Waals surface area (Å²) in [4.78, 5) is 0. The largest absolute Gasteiger partial charge is 0.460 e. The number of rotatable bonds is 27. The van der Waals surface area contributed by atoms with Crippen LogP contribution in [0.4, 0.5) is 272 Å². The lowest BCUT2D eigenvalue weighted by molar-refractivity contribution is -0.501. The van der Waals surface area contributed by atoms with Gasteiger partial charge in [-0.15, -0.1) is 0 Å². The third-order valence-electron chi connectivity index (χ3n) is 11.4. The van der Waals surface area contributed by atoms with E-state index in [0.29, 0.717) is 0 Å². The molecular weight excluding hydrogens is 1540 g/mol. The molecule has 0 aliphatic carbocycles. The molecule has 0 aliphatic heterocycles. The van der Waals surface area contributed by atoms with Crippen molar-refractivity contribution < 1.29 is 272 Å². The third kappa shape index (κ3) is 9.32. The van der Waals surface area contributed by atoms with E-state index in [1.165, 1.54) is 0 Å². The standard InChI is InChI=1S/C30F62/c31-1(32,3(35,36)5(39,40)7(43,44)9(47,48)11(51,52)13(55,56)15(59,60)17(63,64)19(67,68)21(71,72)23(75,76)25(79,80)27(83,84)29(87,88)89)2(33,34)4(37,38)6(41,42)8(45,46)10(49,50)12(53,54)14(57,58)16(61,62)18(65,66)20(69,70)22(73,74)24(77,78)26(81,82)28(85,86)30(90,91)92. The Balaban J connectivity index is 8.39. The summed E-state index contributed by atoms with van der Waals surface area (Å²) in [5.74, 6) is -300. The van der Waals surface area contributed by atoms with Crippen molar-refractivity contribution in [2.75, 3.05) is 0 Å². The van der Waals surface area contributed by atoms with Gasteiger partial charge in [0.25, 0.3) is 0 Å². The van der Waals surface area contributed by atoms with Gasteiger partial charge in [-0.2, -0.15) is 272 Å². The Morgan fingerprint density at radius 2 is 0.0870 bits per heavy atom. The molecule has 92 heavy (non-hydrogen) atoms. The van der Waals surface area contributed by atoms with E-state index in [4.69, 9.17) is 0 Å². The van der Waals surface area contributed by atoms with Gasteiger partial charge >= 0.3 is 178 Å². The predicted molar refractivity (Wildman–Crippen MR) is 151 cm³/mol. The zero-order valence-electron chi connectivity index (χ0n) is 38.4. The fourth-order valence-corrected chi connectivity index (χ4v) is 5.48. The Kier molecular flexibility index (Phi) is 19.6. The fourth-order valence-electron chi connectivity index (χ4n) is 5.48. The van der Waals surface area contributed by atoms with Crippen molar-refractivity contribution in [3.8, 4) is 0 Å². The van der Waals surface area contributed by atoms with E-state index in [9.17, 15) is 272 Å².